The Balaban J connectivity index is 1.81. The number of halogens is 1. The van der Waals surface area contributed by atoms with Gasteiger partial charge in [0.15, 0.2) is 0 Å². The van der Waals surface area contributed by atoms with Gasteiger partial charge in [0, 0.05) is 25.4 Å². The fourth-order valence-electron chi connectivity index (χ4n) is 1.79. The highest BCUT2D eigenvalue weighted by molar-refractivity contribution is 5.19. The van der Waals surface area contributed by atoms with Crippen molar-refractivity contribution in [3.63, 3.8) is 0 Å². The number of nitrogens with one attached hydrogen (secondary N) is 1. The lowest BCUT2D eigenvalue weighted by Crippen LogP contribution is -2.21. The standard InChI is InChI=1S/C15H17FN2O2/c1-20-15-7-2-11(9-18-15)8-17-10-14(19)12-3-5-13(16)6-4-12/h2-7,9,14,17,19H,8,10H2,1H3. The van der Waals surface area contributed by atoms with Gasteiger partial charge in [-0.05, 0) is 23.3 Å². The molecule has 4 nitrogen and oxygen atoms in total. The van der Waals surface area contributed by atoms with Crippen LogP contribution in [0.25, 0.3) is 0 Å². The van der Waals surface area contributed by atoms with Gasteiger partial charge in [-0.2, -0.15) is 0 Å². The molecule has 0 aliphatic rings. The quantitative estimate of drug-likeness (QED) is 0.848. The number of aliphatic hydroxyl groups excluding tert-OH is 1. The van der Waals surface area contributed by atoms with Crippen LogP contribution in [-0.4, -0.2) is 23.7 Å². The van der Waals surface area contributed by atoms with Gasteiger partial charge in [0.05, 0.1) is 13.2 Å². The molecule has 106 valence electrons. The fourth-order valence-corrected chi connectivity index (χ4v) is 1.79. The van der Waals surface area contributed by atoms with E-state index in [4.69, 9.17) is 4.74 Å². The Morgan fingerprint density at radius 1 is 1.25 bits per heavy atom. The minimum absolute atomic E-state index is 0.307. The molecule has 0 spiro atoms. The number of nitrogens with zero attached hydrogens (tertiary/aromatic N) is 1. The molecule has 0 amide bonds. The number of hydrogen-bond donors (Lipinski definition) is 2. The maximum absolute atomic E-state index is 12.8. The summed E-state index contributed by atoms with van der Waals surface area (Å²) in [6, 6.07) is 9.53. The second-order valence-electron chi connectivity index (χ2n) is 4.41. The summed E-state index contributed by atoms with van der Waals surface area (Å²) in [6.07, 6.45) is 1.05. The number of benzene rings is 1. The van der Waals surface area contributed by atoms with E-state index >= 15 is 0 Å². The van der Waals surface area contributed by atoms with Gasteiger partial charge in [-0.15, -0.1) is 0 Å². The predicted octanol–water partition coefficient (Wildman–Crippen LogP) is 2.05. The molecule has 20 heavy (non-hydrogen) atoms. The van der Waals surface area contributed by atoms with Crippen LogP contribution in [-0.2, 0) is 6.54 Å². The van der Waals surface area contributed by atoms with E-state index in [0.717, 1.165) is 5.56 Å². The smallest absolute Gasteiger partial charge is 0.212 e. The number of aromatic nitrogens is 1. The van der Waals surface area contributed by atoms with E-state index in [1.54, 1.807) is 31.5 Å². The fraction of sp³-hybridized carbons (Fsp3) is 0.267. The Morgan fingerprint density at radius 3 is 2.60 bits per heavy atom. The second kappa shape index (κ2) is 6.98. The zero-order valence-corrected chi connectivity index (χ0v) is 11.2. The van der Waals surface area contributed by atoms with Crippen molar-refractivity contribution in [2.24, 2.45) is 0 Å². The number of rotatable bonds is 6. The molecule has 0 saturated carbocycles. The Hall–Kier alpha value is -1.98. The third-order valence-corrected chi connectivity index (χ3v) is 2.93. The molecule has 1 aromatic heterocycles. The highest BCUT2D eigenvalue weighted by Gasteiger charge is 2.07. The maximum atomic E-state index is 12.8. The molecule has 0 saturated heterocycles. The molecule has 1 aromatic carbocycles. The molecular weight excluding hydrogens is 259 g/mol. The molecule has 2 rings (SSSR count). The van der Waals surface area contributed by atoms with Crippen molar-refractivity contribution in [3.05, 3.63) is 59.5 Å². The summed E-state index contributed by atoms with van der Waals surface area (Å²) in [5.74, 6) is 0.262. The number of methoxy groups -OCH3 is 1. The average molecular weight is 276 g/mol. The summed E-state index contributed by atoms with van der Waals surface area (Å²) in [5, 5.41) is 13.1. The van der Waals surface area contributed by atoms with Crippen LogP contribution in [0.2, 0.25) is 0 Å². The molecule has 1 unspecified atom stereocenters. The lowest BCUT2D eigenvalue weighted by atomic mass is 10.1. The van der Waals surface area contributed by atoms with Gasteiger partial charge in [-0.1, -0.05) is 18.2 Å². The van der Waals surface area contributed by atoms with Crippen LogP contribution in [0.5, 0.6) is 5.88 Å². The number of ether oxygens (including phenoxy) is 1. The van der Waals surface area contributed by atoms with Gasteiger partial charge in [-0.25, -0.2) is 9.37 Å². The third kappa shape index (κ3) is 4.01. The zero-order valence-electron chi connectivity index (χ0n) is 11.2. The normalized spacial score (nSPS) is 12.2. The SMILES string of the molecule is COc1ccc(CNCC(O)c2ccc(F)cc2)cn1. The number of hydrogen-bond acceptors (Lipinski definition) is 4. The lowest BCUT2D eigenvalue weighted by molar-refractivity contribution is 0.174. The van der Waals surface area contributed by atoms with Crippen molar-refractivity contribution < 1.29 is 14.2 Å². The molecule has 2 aromatic rings. The van der Waals surface area contributed by atoms with Crippen molar-refractivity contribution in [3.8, 4) is 5.88 Å². The maximum Gasteiger partial charge on any atom is 0.212 e. The van der Waals surface area contributed by atoms with E-state index in [9.17, 15) is 9.50 Å². The molecule has 0 bridgehead atoms. The van der Waals surface area contributed by atoms with Gasteiger partial charge in [0.1, 0.15) is 5.82 Å². The van der Waals surface area contributed by atoms with Crippen LogP contribution in [0.3, 0.4) is 0 Å². The minimum atomic E-state index is -0.665. The van der Waals surface area contributed by atoms with Crippen molar-refractivity contribution >= 4 is 0 Å². The van der Waals surface area contributed by atoms with Crippen molar-refractivity contribution in [1.29, 1.82) is 0 Å². The van der Waals surface area contributed by atoms with Crippen molar-refractivity contribution in [1.82, 2.24) is 10.3 Å². The first-order valence-electron chi connectivity index (χ1n) is 6.32. The first-order chi connectivity index (χ1) is 9.69. The lowest BCUT2D eigenvalue weighted by Gasteiger charge is -2.12. The number of pyridine rings is 1. The summed E-state index contributed by atoms with van der Waals surface area (Å²) >= 11 is 0. The van der Waals surface area contributed by atoms with Gasteiger partial charge in [-0.3, -0.25) is 0 Å². The number of aliphatic hydroxyl groups is 1. The van der Waals surface area contributed by atoms with Crippen LogP contribution >= 0.6 is 0 Å². The molecule has 0 aliphatic carbocycles. The van der Waals surface area contributed by atoms with Crippen molar-refractivity contribution in [2.45, 2.75) is 12.6 Å². The minimum Gasteiger partial charge on any atom is -0.481 e. The first kappa shape index (κ1) is 14.4. The summed E-state index contributed by atoms with van der Waals surface area (Å²) in [4.78, 5) is 4.10. The molecule has 1 atom stereocenters. The Kier molecular flexibility index (Phi) is 5.03. The summed E-state index contributed by atoms with van der Waals surface area (Å²) in [5.41, 5.74) is 1.68. The van der Waals surface area contributed by atoms with Gasteiger partial charge in [0.25, 0.3) is 0 Å². The average Bonchev–Trinajstić information content (AvgIpc) is 2.48. The zero-order chi connectivity index (χ0) is 14.4. The molecule has 0 radical (unpaired) electrons. The molecule has 1 heterocycles. The van der Waals surface area contributed by atoms with Crippen LogP contribution in [0.4, 0.5) is 4.39 Å². The Morgan fingerprint density at radius 2 is 2.00 bits per heavy atom. The Labute approximate surface area is 117 Å². The first-order valence-corrected chi connectivity index (χ1v) is 6.32. The van der Waals surface area contributed by atoms with Gasteiger partial charge >= 0.3 is 0 Å². The molecule has 0 aliphatic heterocycles. The third-order valence-electron chi connectivity index (χ3n) is 2.93. The van der Waals surface area contributed by atoms with Crippen LogP contribution < -0.4 is 10.1 Å². The predicted molar refractivity (Wildman–Crippen MR) is 73.9 cm³/mol. The van der Waals surface area contributed by atoms with E-state index in [1.807, 2.05) is 6.07 Å². The van der Waals surface area contributed by atoms with E-state index in [2.05, 4.69) is 10.3 Å². The van der Waals surface area contributed by atoms with E-state index < -0.39 is 6.10 Å². The Bertz CT molecular complexity index is 529. The molecular formula is C15H17FN2O2. The molecule has 2 N–H and O–H groups in total. The largest absolute Gasteiger partial charge is 0.481 e. The van der Waals surface area contributed by atoms with Crippen LogP contribution in [0, 0.1) is 5.82 Å². The monoisotopic (exact) mass is 276 g/mol. The van der Waals surface area contributed by atoms with E-state index in [0.29, 0.717) is 24.5 Å². The molecule has 0 fully saturated rings. The van der Waals surface area contributed by atoms with Gasteiger partial charge in [0.2, 0.25) is 5.88 Å². The summed E-state index contributed by atoms with van der Waals surface area (Å²) in [6.45, 7) is 0.979. The van der Waals surface area contributed by atoms with Crippen LogP contribution in [0.15, 0.2) is 42.6 Å². The molecule has 5 heteroatoms. The van der Waals surface area contributed by atoms with E-state index in [1.165, 1.54) is 12.1 Å². The second-order valence-corrected chi connectivity index (χ2v) is 4.41. The van der Waals surface area contributed by atoms with E-state index in [-0.39, 0.29) is 5.82 Å². The highest BCUT2D eigenvalue weighted by Crippen LogP contribution is 2.13. The topological polar surface area (TPSA) is 54.4 Å². The van der Waals surface area contributed by atoms with Crippen LogP contribution in [0.1, 0.15) is 17.2 Å². The summed E-state index contributed by atoms with van der Waals surface area (Å²) in [7, 11) is 1.57. The highest BCUT2D eigenvalue weighted by atomic mass is 19.1. The summed E-state index contributed by atoms with van der Waals surface area (Å²) < 4.78 is 17.7. The van der Waals surface area contributed by atoms with Crippen molar-refractivity contribution in [2.75, 3.05) is 13.7 Å². The van der Waals surface area contributed by atoms with Gasteiger partial charge < -0.3 is 15.2 Å².